The van der Waals surface area contributed by atoms with E-state index >= 15 is 0 Å². The van der Waals surface area contributed by atoms with Crippen molar-refractivity contribution in [3.63, 3.8) is 0 Å². The summed E-state index contributed by atoms with van der Waals surface area (Å²) < 4.78 is 13.2. The molecule has 5 rings (SSSR count). The monoisotopic (exact) mass is 435 g/mol. The summed E-state index contributed by atoms with van der Waals surface area (Å²) in [5.41, 5.74) is 1.82. The Bertz CT molecular complexity index is 1100. The first-order valence-corrected chi connectivity index (χ1v) is 10.8. The summed E-state index contributed by atoms with van der Waals surface area (Å²) in [7, 11) is 0. The third kappa shape index (κ3) is 4.46. The zero-order chi connectivity index (χ0) is 21.0. The Labute approximate surface area is 185 Å². The minimum atomic E-state index is 0.174. The van der Waals surface area contributed by atoms with E-state index in [1.165, 1.54) is 0 Å². The highest BCUT2D eigenvalue weighted by Gasteiger charge is 2.29. The van der Waals surface area contributed by atoms with Crippen molar-refractivity contribution in [2.45, 2.75) is 44.1 Å². The fourth-order valence-corrected chi connectivity index (χ4v) is 4.22. The molecule has 1 aliphatic carbocycles. The molecule has 0 bridgehead atoms. The van der Waals surface area contributed by atoms with E-state index < -0.39 is 0 Å². The van der Waals surface area contributed by atoms with Crippen LogP contribution in [0.25, 0.3) is 5.69 Å². The average Bonchev–Trinajstić information content (AvgIpc) is 3.46. The normalized spacial score (nSPS) is 18.7. The average molecular weight is 436 g/mol. The second-order valence-corrected chi connectivity index (χ2v) is 8.15. The number of nitrogens with zero attached hydrogens (tertiary/aromatic N) is 5. The zero-order valence-electron chi connectivity index (χ0n) is 16.9. The van der Waals surface area contributed by atoms with E-state index in [0.29, 0.717) is 23.2 Å². The number of rotatable bonds is 6. The van der Waals surface area contributed by atoms with Gasteiger partial charge in [-0.05, 0) is 56.0 Å². The van der Waals surface area contributed by atoms with Crippen molar-refractivity contribution in [1.29, 1.82) is 0 Å². The van der Waals surface area contributed by atoms with E-state index in [1.54, 1.807) is 12.5 Å². The molecule has 158 valence electrons. The maximum Gasteiger partial charge on any atom is 0.213 e. The van der Waals surface area contributed by atoms with Crippen LogP contribution in [0.3, 0.4) is 0 Å². The standard InChI is InChI=1S/C23H22ClN5O2/c24-17-6-8-19(9-7-17)29-21(15-18-12-14-30-28-18)26-27-23(29)16-4-10-20(11-5-16)31-22-3-1-2-13-25-22/h1-3,6-9,12-14,16,20H,4-5,10-11,15H2. The number of hydrogen-bond acceptors (Lipinski definition) is 6. The van der Waals surface area contributed by atoms with E-state index in [4.69, 9.17) is 20.9 Å². The Morgan fingerprint density at radius 2 is 1.84 bits per heavy atom. The van der Waals surface area contributed by atoms with Crippen molar-refractivity contribution < 1.29 is 9.26 Å². The second-order valence-electron chi connectivity index (χ2n) is 7.71. The van der Waals surface area contributed by atoms with Crippen LogP contribution >= 0.6 is 11.6 Å². The van der Waals surface area contributed by atoms with Crippen LogP contribution < -0.4 is 4.74 Å². The summed E-state index contributed by atoms with van der Waals surface area (Å²) in [5, 5.41) is 13.8. The van der Waals surface area contributed by atoms with Crippen LogP contribution in [0.5, 0.6) is 5.88 Å². The molecule has 0 unspecified atom stereocenters. The first-order valence-electron chi connectivity index (χ1n) is 10.4. The minimum Gasteiger partial charge on any atom is -0.474 e. The fourth-order valence-electron chi connectivity index (χ4n) is 4.10. The van der Waals surface area contributed by atoms with Gasteiger partial charge in [-0.2, -0.15) is 0 Å². The molecule has 0 amide bonds. The lowest BCUT2D eigenvalue weighted by molar-refractivity contribution is 0.139. The van der Waals surface area contributed by atoms with Crippen LogP contribution in [-0.2, 0) is 6.42 Å². The van der Waals surface area contributed by atoms with Crippen molar-refractivity contribution in [1.82, 2.24) is 24.9 Å². The summed E-state index contributed by atoms with van der Waals surface area (Å²) in [5.74, 6) is 2.79. The Morgan fingerprint density at radius 3 is 2.55 bits per heavy atom. The van der Waals surface area contributed by atoms with Gasteiger partial charge >= 0.3 is 0 Å². The van der Waals surface area contributed by atoms with Crippen LogP contribution in [0.4, 0.5) is 0 Å². The minimum absolute atomic E-state index is 0.174. The molecule has 0 atom stereocenters. The van der Waals surface area contributed by atoms with Crippen molar-refractivity contribution >= 4 is 11.6 Å². The Kier molecular flexibility index (Phi) is 5.67. The van der Waals surface area contributed by atoms with E-state index in [0.717, 1.165) is 48.7 Å². The number of halogens is 1. The van der Waals surface area contributed by atoms with E-state index in [1.807, 2.05) is 48.5 Å². The molecule has 1 aliphatic rings. The number of hydrogen-bond donors (Lipinski definition) is 0. The van der Waals surface area contributed by atoms with E-state index in [-0.39, 0.29) is 6.10 Å². The van der Waals surface area contributed by atoms with Gasteiger partial charge in [0.15, 0.2) is 0 Å². The molecule has 1 aromatic carbocycles. The van der Waals surface area contributed by atoms with Gasteiger partial charge in [-0.3, -0.25) is 4.57 Å². The van der Waals surface area contributed by atoms with Crippen LogP contribution in [0.1, 0.15) is 48.9 Å². The van der Waals surface area contributed by atoms with Gasteiger partial charge < -0.3 is 9.26 Å². The molecule has 31 heavy (non-hydrogen) atoms. The topological polar surface area (TPSA) is 78.9 Å². The van der Waals surface area contributed by atoms with Gasteiger partial charge in [-0.1, -0.05) is 22.8 Å². The quantitative estimate of drug-likeness (QED) is 0.424. The number of aromatic nitrogens is 5. The summed E-state index contributed by atoms with van der Waals surface area (Å²) >= 11 is 6.12. The third-order valence-corrected chi connectivity index (χ3v) is 5.89. The van der Waals surface area contributed by atoms with Crippen molar-refractivity contribution in [3.8, 4) is 11.6 Å². The molecule has 7 nitrogen and oxygen atoms in total. The Hall–Kier alpha value is -3.19. The predicted octanol–water partition coefficient (Wildman–Crippen LogP) is 5.00. The smallest absolute Gasteiger partial charge is 0.213 e. The summed E-state index contributed by atoms with van der Waals surface area (Å²) in [6.45, 7) is 0. The summed E-state index contributed by atoms with van der Waals surface area (Å²) in [6.07, 6.45) is 7.91. The largest absolute Gasteiger partial charge is 0.474 e. The number of pyridine rings is 1. The Morgan fingerprint density at radius 1 is 1.00 bits per heavy atom. The number of ether oxygens (including phenoxy) is 1. The molecule has 1 fully saturated rings. The predicted molar refractivity (Wildman–Crippen MR) is 116 cm³/mol. The van der Waals surface area contributed by atoms with Gasteiger partial charge in [0.25, 0.3) is 0 Å². The molecular weight excluding hydrogens is 414 g/mol. The molecule has 3 aromatic heterocycles. The van der Waals surface area contributed by atoms with Gasteiger partial charge in [0.05, 0.1) is 12.1 Å². The highest BCUT2D eigenvalue weighted by Crippen LogP contribution is 2.35. The summed E-state index contributed by atoms with van der Waals surface area (Å²) in [6, 6.07) is 15.4. The summed E-state index contributed by atoms with van der Waals surface area (Å²) in [4.78, 5) is 4.28. The molecular formula is C23H22ClN5O2. The van der Waals surface area contributed by atoms with E-state index in [9.17, 15) is 0 Å². The SMILES string of the molecule is Clc1ccc(-n2c(Cc3ccon3)nnc2C2CCC(Oc3ccccn3)CC2)cc1. The Balaban J connectivity index is 1.37. The molecule has 0 saturated heterocycles. The van der Waals surface area contributed by atoms with Crippen LogP contribution in [0, 0.1) is 0 Å². The molecule has 8 heteroatoms. The van der Waals surface area contributed by atoms with Crippen molar-refractivity contribution in [3.05, 3.63) is 83.4 Å². The van der Waals surface area contributed by atoms with Crippen LogP contribution in [0.2, 0.25) is 5.02 Å². The van der Waals surface area contributed by atoms with Crippen molar-refractivity contribution in [2.24, 2.45) is 0 Å². The van der Waals surface area contributed by atoms with Crippen molar-refractivity contribution in [2.75, 3.05) is 0 Å². The molecule has 3 heterocycles. The third-order valence-electron chi connectivity index (χ3n) is 5.63. The molecule has 1 saturated carbocycles. The highest BCUT2D eigenvalue weighted by atomic mass is 35.5. The first kappa shape index (κ1) is 19.8. The van der Waals surface area contributed by atoms with Crippen LogP contribution in [-0.4, -0.2) is 31.0 Å². The van der Waals surface area contributed by atoms with Gasteiger partial charge in [0, 0.05) is 35.0 Å². The molecule has 0 spiro atoms. The lowest BCUT2D eigenvalue weighted by atomic mass is 9.86. The molecule has 0 aliphatic heterocycles. The maximum atomic E-state index is 6.12. The van der Waals surface area contributed by atoms with Gasteiger partial charge in [-0.15, -0.1) is 10.2 Å². The highest BCUT2D eigenvalue weighted by molar-refractivity contribution is 6.30. The molecule has 4 aromatic rings. The lowest BCUT2D eigenvalue weighted by Crippen LogP contribution is -2.25. The first-order chi connectivity index (χ1) is 15.3. The maximum absolute atomic E-state index is 6.12. The zero-order valence-corrected chi connectivity index (χ0v) is 17.7. The van der Waals surface area contributed by atoms with Gasteiger partial charge in [0.1, 0.15) is 24.0 Å². The lowest BCUT2D eigenvalue weighted by Gasteiger charge is -2.28. The molecule has 0 radical (unpaired) electrons. The van der Waals surface area contributed by atoms with Gasteiger partial charge in [0.2, 0.25) is 5.88 Å². The second kappa shape index (κ2) is 8.89. The fraction of sp³-hybridized carbons (Fsp3) is 0.304. The van der Waals surface area contributed by atoms with Gasteiger partial charge in [-0.25, -0.2) is 4.98 Å². The van der Waals surface area contributed by atoms with Crippen LogP contribution in [0.15, 0.2) is 65.5 Å². The molecule has 0 N–H and O–H groups in total. The number of benzene rings is 1. The van der Waals surface area contributed by atoms with E-state index in [2.05, 4.69) is 24.9 Å².